The lowest BCUT2D eigenvalue weighted by molar-refractivity contribution is 0.821. The Bertz CT molecular complexity index is 692. The van der Waals surface area contributed by atoms with Gasteiger partial charge in [-0.05, 0) is 17.7 Å². The van der Waals surface area contributed by atoms with Crippen LogP contribution in [0.5, 0.6) is 0 Å². The van der Waals surface area contributed by atoms with E-state index in [-0.39, 0.29) is 0 Å². The van der Waals surface area contributed by atoms with Gasteiger partial charge in [0.05, 0.1) is 0 Å². The lowest BCUT2D eigenvalue weighted by Gasteiger charge is -2.02. The standard InChI is InChI=1S/C10H7Cl2N5S/c11-7-2-1-6(8(12)3-7)4-18-10-16-15-9-13-5-14-17(9)10/h1-3,5H,4H2,(H,13,14,15). The molecule has 0 radical (unpaired) electrons. The fraction of sp³-hybridized carbons (Fsp3) is 0.100. The zero-order valence-electron chi connectivity index (χ0n) is 8.97. The van der Waals surface area contributed by atoms with Crippen LogP contribution in [0.15, 0.2) is 29.7 Å². The number of nitrogens with zero attached hydrogens (tertiary/aromatic N) is 4. The van der Waals surface area contributed by atoms with Crippen LogP contribution < -0.4 is 0 Å². The molecule has 1 aromatic carbocycles. The van der Waals surface area contributed by atoms with Crippen molar-refractivity contribution in [3.05, 3.63) is 40.1 Å². The molecule has 0 saturated heterocycles. The third kappa shape index (κ3) is 2.19. The van der Waals surface area contributed by atoms with Crippen LogP contribution >= 0.6 is 35.0 Å². The summed E-state index contributed by atoms with van der Waals surface area (Å²) in [5, 5.41) is 12.9. The normalized spacial score (nSPS) is 11.2. The summed E-state index contributed by atoms with van der Waals surface area (Å²) in [6.07, 6.45) is 1.57. The van der Waals surface area contributed by atoms with Crippen molar-refractivity contribution in [1.29, 1.82) is 0 Å². The molecule has 3 aromatic rings. The molecule has 0 amide bonds. The Balaban J connectivity index is 1.80. The Labute approximate surface area is 117 Å². The smallest absolute Gasteiger partial charge is 0.272 e. The predicted octanol–water partition coefficient (Wildman–Crippen LogP) is 3.05. The zero-order valence-corrected chi connectivity index (χ0v) is 11.3. The quantitative estimate of drug-likeness (QED) is 0.755. The van der Waals surface area contributed by atoms with E-state index in [1.165, 1.54) is 11.8 Å². The molecule has 92 valence electrons. The maximum absolute atomic E-state index is 6.11. The zero-order chi connectivity index (χ0) is 12.5. The number of fused-ring (bicyclic) bond motifs is 1. The van der Waals surface area contributed by atoms with Crippen molar-refractivity contribution in [1.82, 2.24) is 24.8 Å². The van der Waals surface area contributed by atoms with E-state index in [1.54, 1.807) is 16.9 Å². The number of benzene rings is 1. The fourth-order valence-electron chi connectivity index (χ4n) is 1.48. The summed E-state index contributed by atoms with van der Waals surface area (Å²) in [6.45, 7) is 0. The number of aromatic nitrogens is 5. The van der Waals surface area contributed by atoms with Crippen LogP contribution in [0.3, 0.4) is 0 Å². The van der Waals surface area contributed by atoms with Crippen molar-refractivity contribution in [3.63, 3.8) is 0 Å². The Morgan fingerprint density at radius 2 is 2.17 bits per heavy atom. The predicted molar refractivity (Wildman–Crippen MR) is 71.2 cm³/mol. The van der Waals surface area contributed by atoms with Gasteiger partial charge in [-0.3, -0.25) is 5.10 Å². The van der Waals surface area contributed by atoms with Crippen LogP contribution in [-0.4, -0.2) is 24.8 Å². The number of nitrogens with one attached hydrogen (secondary N) is 1. The van der Waals surface area contributed by atoms with Crippen LogP contribution in [0.2, 0.25) is 10.0 Å². The molecule has 0 aliphatic heterocycles. The van der Waals surface area contributed by atoms with Crippen molar-refractivity contribution in [2.45, 2.75) is 10.9 Å². The second-order valence-corrected chi connectivity index (χ2v) is 5.32. The van der Waals surface area contributed by atoms with Gasteiger partial charge in [-0.1, -0.05) is 41.0 Å². The molecule has 0 atom stereocenters. The number of halogens is 2. The van der Waals surface area contributed by atoms with Gasteiger partial charge in [0.2, 0.25) is 5.16 Å². The van der Waals surface area contributed by atoms with Gasteiger partial charge in [-0.25, -0.2) is 0 Å². The van der Waals surface area contributed by atoms with Gasteiger partial charge in [0.15, 0.2) is 0 Å². The number of thioether (sulfide) groups is 1. The molecular weight excluding hydrogens is 293 g/mol. The van der Waals surface area contributed by atoms with Gasteiger partial charge in [-0.15, -0.1) is 10.2 Å². The highest BCUT2D eigenvalue weighted by Crippen LogP contribution is 2.27. The number of hydrogen-bond donors (Lipinski definition) is 1. The number of rotatable bonds is 3. The maximum atomic E-state index is 6.11. The molecule has 0 bridgehead atoms. The van der Waals surface area contributed by atoms with Crippen LogP contribution in [0.25, 0.3) is 5.78 Å². The summed E-state index contributed by atoms with van der Waals surface area (Å²) in [6, 6.07) is 5.45. The summed E-state index contributed by atoms with van der Waals surface area (Å²) in [5.74, 6) is 1.25. The first-order valence-corrected chi connectivity index (χ1v) is 6.79. The van der Waals surface area contributed by atoms with Gasteiger partial charge in [0.25, 0.3) is 5.78 Å². The highest BCUT2D eigenvalue weighted by atomic mass is 35.5. The summed E-state index contributed by atoms with van der Waals surface area (Å²) < 4.78 is 1.72. The average Bonchev–Trinajstić information content (AvgIpc) is 2.91. The van der Waals surface area contributed by atoms with Crippen molar-refractivity contribution >= 4 is 40.7 Å². The van der Waals surface area contributed by atoms with Crippen LogP contribution in [0.4, 0.5) is 0 Å². The average molecular weight is 300 g/mol. The molecule has 0 saturated carbocycles. The van der Waals surface area contributed by atoms with Gasteiger partial charge < -0.3 is 0 Å². The minimum absolute atomic E-state index is 0.555. The molecular formula is C10H7Cl2N5S. The molecule has 1 N–H and O–H groups in total. The molecule has 8 heteroatoms. The molecule has 2 aromatic heterocycles. The van der Waals surface area contributed by atoms with E-state index < -0.39 is 0 Å². The van der Waals surface area contributed by atoms with E-state index in [0.717, 1.165) is 10.7 Å². The van der Waals surface area contributed by atoms with E-state index in [2.05, 4.69) is 20.3 Å². The Morgan fingerprint density at radius 3 is 3.00 bits per heavy atom. The molecule has 3 rings (SSSR count). The van der Waals surface area contributed by atoms with Crippen molar-refractivity contribution in [2.24, 2.45) is 0 Å². The van der Waals surface area contributed by atoms with Crippen LogP contribution in [-0.2, 0) is 5.75 Å². The SMILES string of the molecule is Clc1ccc(CSc2nnc3nc[nH]n23)c(Cl)c1. The summed E-state index contributed by atoms with van der Waals surface area (Å²) in [5.41, 5.74) is 1.00. The van der Waals surface area contributed by atoms with Crippen molar-refractivity contribution in [3.8, 4) is 0 Å². The lowest BCUT2D eigenvalue weighted by Crippen LogP contribution is -1.89. The number of H-pyrrole nitrogens is 1. The lowest BCUT2D eigenvalue weighted by atomic mass is 10.2. The van der Waals surface area contributed by atoms with Gasteiger partial charge in [0, 0.05) is 15.8 Å². The molecule has 0 aliphatic carbocycles. The first-order valence-electron chi connectivity index (χ1n) is 5.05. The maximum Gasteiger partial charge on any atom is 0.272 e. The topological polar surface area (TPSA) is 58.9 Å². The highest BCUT2D eigenvalue weighted by molar-refractivity contribution is 7.98. The Kier molecular flexibility index (Phi) is 3.15. The monoisotopic (exact) mass is 299 g/mol. The molecule has 0 aliphatic rings. The molecule has 0 spiro atoms. The van der Waals surface area contributed by atoms with E-state index in [4.69, 9.17) is 23.2 Å². The van der Waals surface area contributed by atoms with Crippen LogP contribution in [0.1, 0.15) is 5.56 Å². The third-order valence-electron chi connectivity index (χ3n) is 2.36. The minimum Gasteiger partial charge on any atom is -0.278 e. The van der Waals surface area contributed by atoms with Crippen molar-refractivity contribution in [2.75, 3.05) is 0 Å². The molecule has 0 fully saturated rings. The highest BCUT2D eigenvalue weighted by Gasteiger charge is 2.09. The van der Waals surface area contributed by atoms with Gasteiger partial charge in [0.1, 0.15) is 6.33 Å². The fourth-order valence-corrected chi connectivity index (χ4v) is 2.93. The van der Waals surface area contributed by atoms with E-state index in [1.807, 2.05) is 12.1 Å². The summed E-state index contributed by atoms with van der Waals surface area (Å²) in [4.78, 5) is 4.00. The number of hydrogen-bond acceptors (Lipinski definition) is 4. The number of aromatic amines is 1. The molecule has 2 heterocycles. The Morgan fingerprint density at radius 1 is 1.28 bits per heavy atom. The van der Waals surface area contributed by atoms with Gasteiger partial charge in [-0.2, -0.15) is 9.50 Å². The van der Waals surface area contributed by atoms with E-state index >= 15 is 0 Å². The third-order valence-corrected chi connectivity index (χ3v) is 3.92. The second-order valence-electron chi connectivity index (χ2n) is 3.53. The summed E-state index contributed by atoms with van der Waals surface area (Å²) >= 11 is 13.5. The first-order chi connectivity index (χ1) is 8.74. The van der Waals surface area contributed by atoms with E-state index in [9.17, 15) is 0 Å². The molecule has 5 nitrogen and oxygen atoms in total. The molecule has 18 heavy (non-hydrogen) atoms. The van der Waals surface area contributed by atoms with E-state index in [0.29, 0.717) is 21.6 Å². The summed E-state index contributed by atoms with van der Waals surface area (Å²) in [7, 11) is 0. The Hall–Kier alpha value is -1.24. The first kappa shape index (κ1) is 11.8. The van der Waals surface area contributed by atoms with Gasteiger partial charge >= 0.3 is 0 Å². The minimum atomic E-state index is 0.555. The largest absolute Gasteiger partial charge is 0.278 e. The van der Waals surface area contributed by atoms with Crippen LogP contribution in [0, 0.1) is 0 Å². The van der Waals surface area contributed by atoms with Crippen molar-refractivity contribution < 1.29 is 0 Å². The second kappa shape index (κ2) is 4.79. The molecule has 0 unspecified atom stereocenters.